The summed E-state index contributed by atoms with van der Waals surface area (Å²) < 4.78 is 3.06. The summed E-state index contributed by atoms with van der Waals surface area (Å²) in [7, 11) is 0. The molecular weight excluding hydrogens is 270 g/mol. The van der Waals surface area contributed by atoms with Crippen LogP contribution in [0.5, 0.6) is 0 Å². The molecule has 0 aliphatic carbocycles. The van der Waals surface area contributed by atoms with Gasteiger partial charge in [0, 0.05) is 23.8 Å². The van der Waals surface area contributed by atoms with E-state index in [4.69, 9.17) is 0 Å². The molecule has 2 aromatic rings. The second-order valence-corrected chi connectivity index (χ2v) is 4.46. The highest BCUT2D eigenvalue weighted by Gasteiger charge is 2.18. The maximum atomic E-state index is 4.34. The predicted octanol–water partition coefficient (Wildman–Crippen LogP) is 1.21. The van der Waals surface area contributed by atoms with Crippen molar-refractivity contribution in [2.75, 3.05) is 6.54 Å². The van der Waals surface area contributed by atoms with Gasteiger partial charge in [-0.15, -0.1) is 10.2 Å². The van der Waals surface area contributed by atoms with Gasteiger partial charge in [-0.1, -0.05) is 0 Å². The van der Waals surface area contributed by atoms with Gasteiger partial charge in [-0.3, -0.25) is 4.98 Å². The van der Waals surface area contributed by atoms with Crippen LogP contribution in [0.3, 0.4) is 0 Å². The molecule has 5 nitrogen and oxygen atoms in total. The largest absolute Gasteiger partial charge is 0.308 e. The number of nitrogens with zero attached hydrogens (tertiary/aromatic N) is 4. The first-order valence-corrected chi connectivity index (χ1v) is 5.89. The minimum atomic E-state index is 0.775. The third-order valence-corrected chi connectivity index (χ3v) is 3.23. The molecule has 0 fully saturated rings. The van der Waals surface area contributed by atoms with Gasteiger partial charge in [-0.2, -0.15) is 0 Å². The van der Waals surface area contributed by atoms with Gasteiger partial charge in [0.2, 0.25) is 0 Å². The van der Waals surface area contributed by atoms with E-state index >= 15 is 0 Å². The van der Waals surface area contributed by atoms with Gasteiger partial charge in [0.25, 0.3) is 0 Å². The minimum Gasteiger partial charge on any atom is -0.308 e. The second-order valence-electron chi connectivity index (χ2n) is 3.60. The molecule has 0 saturated heterocycles. The molecule has 6 heteroatoms. The topological polar surface area (TPSA) is 55.6 Å². The van der Waals surface area contributed by atoms with Gasteiger partial charge >= 0.3 is 0 Å². The maximum Gasteiger partial charge on any atom is 0.183 e. The van der Waals surface area contributed by atoms with Crippen LogP contribution in [0.4, 0.5) is 0 Å². The number of fused-ring (bicyclic) bond motifs is 1. The van der Waals surface area contributed by atoms with Crippen molar-refractivity contribution in [3.05, 3.63) is 28.6 Å². The summed E-state index contributed by atoms with van der Waals surface area (Å²) in [4.78, 5) is 4.34. The Hall–Kier alpha value is -1.27. The van der Waals surface area contributed by atoms with E-state index in [0.717, 1.165) is 41.4 Å². The molecule has 1 aliphatic rings. The quantitative estimate of drug-likeness (QED) is 0.853. The number of halogens is 1. The van der Waals surface area contributed by atoms with Crippen LogP contribution in [0, 0.1) is 0 Å². The molecule has 3 heterocycles. The summed E-state index contributed by atoms with van der Waals surface area (Å²) >= 11 is 3.49. The van der Waals surface area contributed by atoms with Gasteiger partial charge in [-0.25, -0.2) is 0 Å². The molecule has 2 aromatic heterocycles. The molecule has 3 rings (SSSR count). The normalized spacial score (nSPS) is 14.8. The first kappa shape index (κ1) is 9.92. The van der Waals surface area contributed by atoms with Crippen molar-refractivity contribution < 1.29 is 0 Å². The summed E-state index contributed by atoms with van der Waals surface area (Å²) in [6.45, 7) is 2.61. The standard InChI is InChI=1S/C10H10BrN5/c11-7-2-1-3-13-9(7)10-15-14-8-6-12-4-5-16(8)10/h1-3,12H,4-6H2. The molecule has 0 radical (unpaired) electrons. The van der Waals surface area contributed by atoms with E-state index in [2.05, 4.69) is 41.0 Å². The minimum absolute atomic E-state index is 0.775. The summed E-state index contributed by atoms with van der Waals surface area (Å²) in [5, 5.41) is 11.6. The maximum absolute atomic E-state index is 4.34. The third kappa shape index (κ3) is 1.54. The molecule has 0 bridgehead atoms. The van der Waals surface area contributed by atoms with E-state index in [-0.39, 0.29) is 0 Å². The first-order valence-electron chi connectivity index (χ1n) is 5.10. The molecule has 1 aliphatic heterocycles. The number of rotatable bonds is 1. The number of pyridine rings is 1. The number of hydrogen-bond acceptors (Lipinski definition) is 4. The van der Waals surface area contributed by atoms with Crippen molar-refractivity contribution in [1.29, 1.82) is 0 Å². The van der Waals surface area contributed by atoms with Gasteiger partial charge in [0.15, 0.2) is 5.82 Å². The zero-order valence-electron chi connectivity index (χ0n) is 8.52. The molecule has 0 unspecified atom stereocenters. The zero-order valence-corrected chi connectivity index (χ0v) is 10.1. The molecule has 1 N–H and O–H groups in total. The molecule has 0 atom stereocenters. The van der Waals surface area contributed by atoms with Crippen LogP contribution in [0.15, 0.2) is 22.8 Å². The lowest BCUT2D eigenvalue weighted by atomic mass is 10.3. The number of hydrogen-bond donors (Lipinski definition) is 1. The predicted molar refractivity (Wildman–Crippen MR) is 62.7 cm³/mol. The number of aromatic nitrogens is 4. The zero-order chi connectivity index (χ0) is 11.0. The van der Waals surface area contributed by atoms with Crippen LogP contribution in [0.25, 0.3) is 11.5 Å². The lowest BCUT2D eigenvalue weighted by molar-refractivity contribution is 0.508. The fraction of sp³-hybridized carbons (Fsp3) is 0.300. The summed E-state index contributed by atoms with van der Waals surface area (Å²) in [5.74, 6) is 1.81. The van der Waals surface area contributed by atoms with Crippen molar-refractivity contribution in [3.63, 3.8) is 0 Å². The van der Waals surface area contributed by atoms with E-state index in [0.29, 0.717) is 0 Å². The second kappa shape index (κ2) is 3.95. The van der Waals surface area contributed by atoms with E-state index in [1.54, 1.807) is 6.20 Å². The van der Waals surface area contributed by atoms with Crippen molar-refractivity contribution in [2.45, 2.75) is 13.1 Å². The molecule has 82 valence electrons. The SMILES string of the molecule is Brc1cccnc1-c1nnc2n1CCNC2. The number of nitrogens with one attached hydrogen (secondary N) is 1. The van der Waals surface area contributed by atoms with Crippen molar-refractivity contribution >= 4 is 15.9 Å². The fourth-order valence-electron chi connectivity index (χ4n) is 1.82. The Morgan fingerprint density at radius 2 is 2.31 bits per heavy atom. The van der Waals surface area contributed by atoms with Crippen LogP contribution < -0.4 is 5.32 Å². The molecular formula is C10H10BrN5. The lowest BCUT2D eigenvalue weighted by Gasteiger charge is -2.15. The average molecular weight is 280 g/mol. The van der Waals surface area contributed by atoms with Crippen LogP contribution in [0.2, 0.25) is 0 Å². The van der Waals surface area contributed by atoms with Crippen LogP contribution in [0.1, 0.15) is 5.82 Å². The molecule has 0 saturated carbocycles. The van der Waals surface area contributed by atoms with E-state index in [9.17, 15) is 0 Å². The summed E-state index contributed by atoms with van der Waals surface area (Å²) in [6, 6.07) is 3.85. The highest BCUT2D eigenvalue weighted by Crippen LogP contribution is 2.25. The Morgan fingerprint density at radius 1 is 1.38 bits per heavy atom. The van der Waals surface area contributed by atoms with Crippen molar-refractivity contribution in [3.8, 4) is 11.5 Å². The van der Waals surface area contributed by atoms with Gasteiger partial charge in [-0.05, 0) is 28.1 Å². The average Bonchev–Trinajstić information content (AvgIpc) is 2.74. The lowest BCUT2D eigenvalue weighted by Crippen LogP contribution is -2.28. The molecule has 16 heavy (non-hydrogen) atoms. The van der Waals surface area contributed by atoms with Crippen LogP contribution >= 0.6 is 15.9 Å². The van der Waals surface area contributed by atoms with Crippen molar-refractivity contribution in [2.24, 2.45) is 0 Å². The van der Waals surface area contributed by atoms with E-state index in [1.165, 1.54) is 0 Å². The third-order valence-electron chi connectivity index (χ3n) is 2.59. The van der Waals surface area contributed by atoms with Gasteiger partial charge < -0.3 is 9.88 Å². The highest BCUT2D eigenvalue weighted by atomic mass is 79.9. The smallest absolute Gasteiger partial charge is 0.183 e. The van der Waals surface area contributed by atoms with E-state index in [1.807, 2.05) is 12.1 Å². The Labute approximate surface area is 101 Å². The Kier molecular flexibility index (Phi) is 2.45. The monoisotopic (exact) mass is 279 g/mol. The van der Waals surface area contributed by atoms with Gasteiger partial charge in [0.05, 0.1) is 6.54 Å². The summed E-state index contributed by atoms with van der Waals surface area (Å²) in [5.41, 5.74) is 0.850. The summed E-state index contributed by atoms with van der Waals surface area (Å²) in [6.07, 6.45) is 1.77. The van der Waals surface area contributed by atoms with Crippen molar-refractivity contribution in [1.82, 2.24) is 25.1 Å². The molecule has 0 aromatic carbocycles. The Balaban J connectivity index is 2.13. The Bertz CT molecular complexity index is 522. The molecule has 0 amide bonds. The fourth-order valence-corrected chi connectivity index (χ4v) is 2.25. The van der Waals surface area contributed by atoms with Gasteiger partial charge in [0.1, 0.15) is 11.5 Å². The Morgan fingerprint density at radius 3 is 3.19 bits per heavy atom. The highest BCUT2D eigenvalue weighted by molar-refractivity contribution is 9.10. The first-order chi connectivity index (χ1) is 7.86. The molecule has 0 spiro atoms. The van der Waals surface area contributed by atoms with E-state index < -0.39 is 0 Å². The van der Waals surface area contributed by atoms with Crippen LogP contribution in [-0.4, -0.2) is 26.3 Å². The van der Waals surface area contributed by atoms with Crippen LogP contribution in [-0.2, 0) is 13.1 Å².